The van der Waals surface area contributed by atoms with Crippen molar-refractivity contribution in [3.8, 4) is 0 Å². The van der Waals surface area contributed by atoms with Crippen LogP contribution in [0.4, 0.5) is 0 Å². The highest BCUT2D eigenvalue weighted by Gasteiger charge is 2.13. The van der Waals surface area contributed by atoms with Crippen LogP contribution in [-0.2, 0) is 10.8 Å². The first-order chi connectivity index (χ1) is 6.54. The molecule has 1 aromatic heterocycles. The molecule has 1 aromatic rings. The van der Waals surface area contributed by atoms with Crippen molar-refractivity contribution < 1.29 is 9.00 Å². The van der Waals surface area contributed by atoms with Crippen molar-refractivity contribution in [1.82, 2.24) is 0 Å². The largest absolute Gasteiger partial charge is 0.293 e. The van der Waals surface area contributed by atoms with E-state index in [-0.39, 0.29) is 11.5 Å². The molecule has 78 valence electrons. The van der Waals surface area contributed by atoms with Crippen LogP contribution >= 0.6 is 11.3 Å². The van der Waals surface area contributed by atoms with E-state index in [1.54, 1.807) is 11.3 Å². The molecule has 0 fully saturated rings. The zero-order valence-corrected chi connectivity index (χ0v) is 10.3. The molecule has 4 heteroatoms. The Morgan fingerprint density at radius 2 is 2.14 bits per heavy atom. The number of carbonyl (C=O) groups is 1. The van der Waals surface area contributed by atoms with Gasteiger partial charge in [-0.1, -0.05) is 6.92 Å². The fourth-order valence-corrected chi connectivity index (χ4v) is 2.83. The Balaban J connectivity index is 2.79. The highest BCUT2D eigenvalue weighted by molar-refractivity contribution is 7.85. The van der Waals surface area contributed by atoms with Crippen LogP contribution in [0.25, 0.3) is 0 Å². The molecule has 0 aliphatic rings. The molecule has 0 spiro atoms. The standard InChI is InChI=1S/C10H14O2S2/c1-4-14(12)6-10(11)9-5-7(2)13-8(9)3/h5H,4,6H2,1-3H3. The number of hydrogen-bond donors (Lipinski definition) is 0. The lowest BCUT2D eigenvalue weighted by Crippen LogP contribution is -2.12. The van der Waals surface area contributed by atoms with Gasteiger partial charge in [-0.05, 0) is 19.9 Å². The van der Waals surface area contributed by atoms with Crippen LogP contribution in [0, 0.1) is 13.8 Å². The monoisotopic (exact) mass is 230 g/mol. The third-order valence-electron chi connectivity index (χ3n) is 1.96. The van der Waals surface area contributed by atoms with Crippen LogP contribution < -0.4 is 0 Å². The van der Waals surface area contributed by atoms with Crippen molar-refractivity contribution in [1.29, 1.82) is 0 Å². The lowest BCUT2D eigenvalue weighted by molar-refractivity contribution is 0.102. The molecule has 0 aromatic carbocycles. The van der Waals surface area contributed by atoms with Crippen molar-refractivity contribution >= 4 is 27.9 Å². The molecule has 0 aliphatic heterocycles. The molecule has 0 N–H and O–H groups in total. The zero-order chi connectivity index (χ0) is 10.7. The minimum atomic E-state index is -1.00. The van der Waals surface area contributed by atoms with Gasteiger partial charge < -0.3 is 0 Å². The first-order valence-electron chi connectivity index (χ1n) is 4.49. The molecule has 0 amide bonds. The second-order valence-corrected chi connectivity index (χ2v) is 6.33. The van der Waals surface area contributed by atoms with E-state index in [0.29, 0.717) is 5.75 Å². The first kappa shape index (κ1) is 11.6. The van der Waals surface area contributed by atoms with E-state index in [1.807, 2.05) is 26.8 Å². The summed E-state index contributed by atoms with van der Waals surface area (Å²) in [7, 11) is -1.00. The van der Waals surface area contributed by atoms with Crippen LogP contribution in [0.2, 0.25) is 0 Å². The van der Waals surface area contributed by atoms with E-state index >= 15 is 0 Å². The van der Waals surface area contributed by atoms with Gasteiger partial charge in [-0.25, -0.2) is 0 Å². The summed E-state index contributed by atoms with van der Waals surface area (Å²) in [6.07, 6.45) is 0. The molecule has 1 atom stereocenters. The SMILES string of the molecule is CCS(=O)CC(=O)c1cc(C)sc1C. The summed E-state index contributed by atoms with van der Waals surface area (Å²) in [6.45, 7) is 5.74. The van der Waals surface area contributed by atoms with E-state index in [9.17, 15) is 9.00 Å². The fourth-order valence-electron chi connectivity index (χ4n) is 1.23. The Kier molecular flexibility index (Phi) is 4.01. The quantitative estimate of drug-likeness (QED) is 0.744. The molecule has 1 unspecified atom stereocenters. The lowest BCUT2D eigenvalue weighted by atomic mass is 10.2. The molecule has 14 heavy (non-hydrogen) atoms. The zero-order valence-electron chi connectivity index (χ0n) is 8.62. The summed E-state index contributed by atoms with van der Waals surface area (Å²) < 4.78 is 11.2. The molecule has 2 nitrogen and oxygen atoms in total. The fraction of sp³-hybridized carbons (Fsp3) is 0.500. The molecule has 0 saturated carbocycles. The maximum absolute atomic E-state index is 11.7. The number of hydrogen-bond acceptors (Lipinski definition) is 3. The maximum atomic E-state index is 11.7. The summed E-state index contributed by atoms with van der Waals surface area (Å²) in [6, 6.07) is 1.88. The number of aryl methyl sites for hydroxylation is 2. The second kappa shape index (κ2) is 4.84. The molecule has 0 radical (unpaired) electrons. The van der Waals surface area contributed by atoms with Crippen LogP contribution in [0.5, 0.6) is 0 Å². The predicted octanol–water partition coefficient (Wildman–Crippen LogP) is 2.32. The third-order valence-corrected chi connectivity index (χ3v) is 4.15. The van der Waals surface area contributed by atoms with E-state index in [2.05, 4.69) is 0 Å². The molecule has 0 bridgehead atoms. The average Bonchev–Trinajstić information content (AvgIpc) is 2.45. The molecule has 1 rings (SSSR count). The second-order valence-electron chi connectivity index (χ2n) is 3.12. The van der Waals surface area contributed by atoms with Crippen LogP contribution in [0.1, 0.15) is 27.0 Å². The van der Waals surface area contributed by atoms with Crippen molar-refractivity contribution in [2.75, 3.05) is 11.5 Å². The third kappa shape index (κ3) is 2.75. The number of carbonyl (C=O) groups excluding carboxylic acids is 1. The number of ketones is 1. The van der Waals surface area contributed by atoms with E-state index in [1.165, 1.54) is 0 Å². The number of rotatable bonds is 4. The van der Waals surface area contributed by atoms with Crippen molar-refractivity contribution in [3.63, 3.8) is 0 Å². The predicted molar refractivity (Wildman–Crippen MR) is 61.7 cm³/mol. The van der Waals surface area contributed by atoms with Gasteiger partial charge >= 0.3 is 0 Å². The van der Waals surface area contributed by atoms with E-state index in [4.69, 9.17) is 0 Å². The van der Waals surface area contributed by atoms with E-state index in [0.717, 1.165) is 15.3 Å². The Morgan fingerprint density at radius 1 is 1.50 bits per heavy atom. The Bertz CT molecular complexity index is 366. The van der Waals surface area contributed by atoms with E-state index < -0.39 is 10.8 Å². The molecular formula is C10H14O2S2. The Morgan fingerprint density at radius 3 is 2.57 bits per heavy atom. The van der Waals surface area contributed by atoms with Crippen LogP contribution in [0.15, 0.2) is 6.07 Å². The highest BCUT2D eigenvalue weighted by Crippen LogP contribution is 2.21. The summed E-state index contributed by atoms with van der Waals surface area (Å²) in [5, 5.41) is 0. The topological polar surface area (TPSA) is 34.1 Å². The van der Waals surface area contributed by atoms with Gasteiger partial charge in [0.15, 0.2) is 5.78 Å². The minimum Gasteiger partial charge on any atom is -0.293 e. The summed E-state index contributed by atoms with van der Waals surface area (Å²) in [4.78, 5) is 13.8. The van der Waals surface area contributed by atoms with Gasteiger partial charge in [0.2, 0.25) is 0 Å². The van der Waals surface area contributed by atoms with Gasteiger partial charge in [0.05, 0.1) is 5.75 Å². The van der Waals surface area contributed by atoms with Crippen molar-refractivity contribution in [2.45, 2.75) is 20.8 Å². The van der Waals surface area contributed by atoms with Gasteiger partial charge in [-0.15, -0.1) is 11.3 Å². The molecule has 0 saturated heterocycles. The molecule has 1 heterocycles. The van der Waals surface area contributed by atoms with Gasteiger partial charge in [-0.3, -0.25) is 9.00 Å². The summed E-state index contributed by atoms with van der Waals surface area (Å²) in [5.74, 6) is 0.716. The van der Waals surface area contributed by atoms with Crippen molar-refractivity contribution in [2.24, 2.45) is 0 Å². The van der Waals surface area contributed by atoms with Gasteiger partial charge in [0, 0.05) is 31.9 Å². The number of Topliss-reactive ketones (excluding diaryl/α,β-unsaturated/α-hetero) is 1. The van der Waals surface area contributed by atoms with Crippen molar-refractivity contribution in [3.05, 3.63) is 21.4 Å². The van der Waals surface area contributed by atoms with Crippen LogP contribution in [-0.4, -0.2) is 21.5 Å². The Hall–Kier alpha value is -0.480. The van der Waals surface area contributed by atoms with Gasteiger partial charge in [-0.2, -0.15) is 0 Å². The smallest absolute Gasteiger partial charge is 0.176 e. The minimum absolute atomic E-state index is 0.00651. The molecule has 0 aliphatic carbocycles. The summed E-state index contributed by atoms with van der Waals surface area (Å²) in [5.41, 5.74) is 0.745. The van der Waals surface area contributed by atoms with Gasteiger partial charge in [0.25, 0.3) is 0 Å². The lowest BCUT2D eigenvalue weighted by Gasteiger charge is -1.98. The number of thiophene rings is 1. The average molecular weight is 230 g/mol. The summed E-state index contributed by atoms with van der Waals surface area (Å²) >= 11 is 1.61. The van der Waals surface area contributed by atoms with Gasteiger partial charge in [0.1, 0.15) is 0 Å². The Labute approximate surface area is 90.8 Å². The normalized spacial score (nSPS) is 12.8. The highest BCUT2D eigenvalue weighted by atomic mass is 32.2. The van der Waals surface area contributed by atoms with Crippen LogP contribution in [0.3, 0.4) is 0 Å². The molecular weight excluding hydrogens is 216 g/mol. The first-order valence-corrected chi connectivity index (χ1v) is 6.80. The maximum Gasteiger partial charge on any atom is 0.176 e.